The predicted molar refractivity (Wildman–Crippen MR) is 71.5 cm³/mol. The molecule has 1 unspecified atom stereocenters. The van der Waals surface area contributed by atoms with Crippen LogP contribution in [-0.4, -0.2) is 27.7 Å². The van der Waals surface area contributed by atoms with Crippen LogP contribution in [0.4, 0.5) is 0 Å². The molecule has 3 nitrogen and oxygen atoms in total. The van der Waals surface area contributed by atoms with Crippen molar-refractivity contribution in [2.75, 3.05) is 18.6 Å². The van der Waals surface area contributed by atoms with E-state index in [9.17, 15) is 4.21 Å². The second-order valence-electron chi connectivity index (χ2n) is 4.13. The lowest BCUT2D eigenvalue weighted by molar-refractivity contribution is 0.665. The minimum atomic E-state index is -0.665. The molecule has 1 aromatic rings. The Bertz CT molecular complexity index is 336. The fraction of sp³-hybridized carbons (Fsp3) is 0.727. The summed E-state index contributed by atoms with van der Waals surface area (Å²) in [5, 5.41) is 4.55. The van der Waals surface area contributed by atoms with Gasteiger partial charge < -0.3 is 5.32 Å². The second kappa shape index (κ2) is 7.14. The lowest BCUT2D eigenvalue weighted by Crippen LogP contribution is -2.15. The van der Waals surface area contributed by atoms with Crippen molar-refractivity contribution in [1.29, 1.82) is 0 Å². The van der Waals surface area contributed by atoms with Crippen LogP contribution in [0, 0.1) is 0 Å². The molecule has 16 heavy (non-hydrogen) atoms. The third-order valence-corrected chi connectivity index (χ3v) is 4.31. The smallest absolute Gasteiger partial charge is 0.0953 e. The van der Waals surface area contributed by atoms with Gasteiger partial charge in [0.25, 0.3) is 0 Å². The molecule has 0 bridgehead atoms. The highest BCUT2D eigenvalue weighted by molar-refractivity contribution is 7.84. The summed E-state index contributed by atoms with van der Waals surface area (Å²) in [6.07, 6.45) is 4.67. The Morgan fingerprint density at radius 1 is 1.56 bits per heavy atom. The highest BCUT2D eigenvalue weighted by atomic mass is 32.2. The molecule has 0 saturated carbocycles. The molecule has 0 aromatic carbocycles. The summed E-state index contributed by atoms with van der Waals surface area (Å²) in [6.45, 7) is 6.12. The zero-order chi connectivity index (χ0) is 12.0. The van der Waals surface area contributed by atoms with Crippen molar-refractivity contribution in [1.82, 2.24) is 10.3 Å². The maximum Gasteiger partial charge on any atom is 0.0953 e. The van der Waals surface area contributed by atoms with E-state index in [0.717, 1.165) is 25.3 Å². The van der Waals surface area contributed by atoms with Gasteiger partial charge in [-0.05, 0) is 13.0 Å². The fourth-order valence-electron chi connectivity index (χ4n) is 1.28. The maximum absolute atomic E-state index is 10.8. The van der Waals surface area contributed by atoms with E-state index in [1.54, 1.807) is 17.6 Å². The van der Waals surface area contributed by atoms with Gasteiger partial charge in [0.1, 0.15) is 0 Å². The van der Waals surface area contributed by atoms with Crippen molar-refractivity contribution < 1.29 is 4.21 Å². The first-order valence-corrected chi connectivity index (χ1v) is 8.09. The lowest BCUT2D eigenvalue weighted by Gasteiger charge is -2.01. The molecule has 92 valence electrons. The average molecular weight is 260 g/mol. The molecule has 1 aromatic heterocycles. The van der Waals surface area contributed by atoms with E-state index in [0.29, 0.717) is 5.92 Å². The Balaban J connectivity index is 2.19. The number of hydrogen-bond donors (Lipinski definition) is 1. The zero-order valence-electron chi connectivity index (χ0n) is 10.2. The van der Waals surface area contributed by atoms with Crippen molar-refractivity contribution in [3.8, 4) is 0 Å². The van der Waals surface area contributed by atoms with Crippen LogP contribution in [0.5, 0.6) is 0 Å². The van der Waals surface area contributed by atoms with Gasteiger partial charge in [0.15, 0.2) is 0 Å². The van der Waals surface area contributed by atoms with Crippen molar-refractivity contribution in [2.24, 2.45) is 0 Å². The van der Waals surface area contributed by atoms with Crippen molar-refractivity contribution in [3.63, 3.8) is 0 Å². The molecule has 1 heterocycles. The van der Waals surface area contributed by atoms with Crippen LogP contribution < -0.4 is 5.32 Å². The van der Waals surface area contributed by atoms with Crippen LogP contribution in [0.25, 0.3) is 0 Å². The zero-order valence-corrected chi connectivity index (χ0v) is 11.8. The molecule has 0 amide bonds. The van der Waals surface area contributed by atoms with Gasteiger partial charge in [-0.25, -0.2) is 4.98 Å². The maximum atomic E-state index is 10.8. The molecule has 0 fully saturated rings. The van der Waals surface area contributed by atoms with Crippen LogP contribution in [-0.2, 0) is 17.3 Å². The summed E-state index contributed by atoms with van der Waals surface area (Å²) in [5.41, 5.74) is 0. The molecule has 0 aliphatic heterocycles. The van der Waals surface area contributed by atoms with Gasteiger partial charge in [-0.3, -0.25) is 4.21 Å². The summed E-state index contributed by atoms with van der Waals surface area (Å²) in [7, 11) is -0.665. The van der Waals surface area contributed by atoms with Crippen LogP contribution in [0.15, 0.2) is 6.20 Å². The Hall–Kier alpha value is -0.260. The van der Waals surface area contributed by atoms with Crippen LogP contribution in [0.1, 0.15) is 36.1 Å². The van der Waals surface area contributed by atoms with E-state index in [2.05, 4.69) is 24.1 Å². The molecular weight excluding hydrogens is 240 g/mol. The Labute approximate surface area is 104 Å². The number of rotatable bonds is 7. The van der Waals surface area contributed by atoms with Gasteiger partial charge in [-0.2, -0.15) is 0 Å². The average Bonchev–Trinajstić information content (AvgIpc) is 2.65. The van der Waals surface area contributed by atoms with Gasteiger partial charge >= 0.3 is 0 Å². The largest absolute Gasteiger partial charge is 0.312 e. The van der Waals surface area contributed by atoms with E-state index >= 15 is 0 Å². The van der Waals surface area contributed by atoms with E-state index in [-0.39, 0.29) is 0 Å². The minimum absolute atomic E-state index is 0.515. The highest BCUT2D eigenvalue weighted by Gasteiger charge is 2.04. The molecule has 1 rings (SSSR count). The Morgan fingerprint density at radius 2 is 2.31 bits per heavy atom. The van der Waals surface area contributed by atoms with Crippen molar-refractivity contribution in [3.05, 3.63) is 16.1 Å². The first-order chi connectivity index (χ1) is 7.59. The van der Waals surface area contributed by atoms with Gasteiger partial charge in [-0.1, -0.05) is 13.8 Å². The predicted octanol–water partition coefficient (Wildman–Crippen LogP) is 2.12. The molecule has 0 saturated heterocycles. The lowest BCUT2D eigenvalue weighted by atomic mass is 10.2. The summed E-state index contributed by atoms with van der Waals surface area (Å²) < 4.78 is 10.8. The first-order valence-electron chi connectivity index (χ1n) is 5.55. The number of hydrogen-bond acceptors (Lipinski definition) is 4. The summed E-state index contributed by atoms with van der Waals surface area (Å²) in [6, 6.07) is 0. The van der Waals surface area contributed by atoms with E-state index < -0.39 is 10.8 Å². The van der Waals surface area contributed by atoms with E-state index in [4.69, 9.17) is 0 Å². The van der Waals surface area contributed by atoms with Gasteiger partial charge in [-0.15, -0.1) is 11.3 Å². The van der Waals surface area contributed by atoms with E-state index in [1.165, 1.54) is 9.88 Å². The topological polar surface area (TPSA) is 42.0 Å². The van der Waals surface area contributed by atoms with Gasteiger partial charge in [0.2, 0.25) is 0 Å². The Morgan fingerprint density at radius 3 is 2.88 bits per heavy atom. The van der Waals surface area contributed by atoms with Crippen LogP contribution >= 0.6 is 11.3 Å². The van der Waals surface area contributed by atoms with Crippen LogP contribution in [0.3, 0.4) is 0 Å². The molecule has 0 spiro atoms. The number of thiazole rings is 1. The SMILES string of the molecule is CC(C)c1ncc(CNCCCS(C)=O)s1. The molecule has 0 radical (unpaired) electrons. The highest BCUT2D eigenvalue weighted by Crippen LogP contribution is 2.20. The molecule has 0 aliphatic rings. The van der Waals surface area contributed by atoms with Crippen molar-refractivity contribution in [2.45, 2.75) is 32.7 Å². The minimum Gasteiger partial charge on any atom is -0.312 e. The normalized spacial score (nSPS) is 13.2. The quantitative estimate of drug-likeness (QED) is 0.764. The first kappa shape index (κ1) is 13.8. The van der Waals surface area contributed by atoms with Gasteiger partial charge in [0.05, 0.1) is 5.01 Å². The summed E-state index contributed by atoms with van der Waals surface area (Å²) >= 11 is 1.77. The molecule has 1 N–H and O–H groups in total. The molecule has 1 atom stereocenters. The Kier molecular flexibility index (Phi) is 6.16. The molecule has 0 aliphatic carbocycles. The monoisotopic (exact) mass is 260 g/mol. The van der Waals surface area contributed by atoms with Gasteiger partial charge in [0, 0.05) is 46.3 Å². The number of nitrogens with one attached hydrogen (secondary N) is 1. The molecule has 5 heteroatoms. The number of nitrogens with zero attached hydrogens (tertiary/aromatic N) is 1. The van der Waals surface area contributed by atoms with Crippen molar-refractivity contribution >= 4 is 22.1 Å². The summed E-state index contributed by atoms with van der Waals surface area (Å²) in [4.78, 5) is 5.65. The number of aromatic nitrogens is 1. The van der Waals surface area contributed by atoms with Crippen LogP contribution in [0.2, 0.25) is 0 Å². The van der Waals surface area contributed by atoms with E-state index in [1.807, 2.05) is 6.20 Å². The standard InChI is InChI=1S/C11H20N2OS2/c1-9(2)11-13-8-10(15-11)7-12-5-4-6-16(3)14/h8-9,12H,4-7H2,1-3H3. The molecular formula is C11H20N2OS2. The summed E-state index contributed by atoms with van der Waals surface area (Å²) in [5.74, 6) is 1.30. The third-order valence-electron chi connectivity index (χ3n) is 2.15. The third kappa shape index (κ3) is 5.18. The fourth-order valence-corrected chi connectivity index (χ4v) is 2.72. The second-order valence-corrected chi connectivity index (χ2v) is 6.83.